The third kappa shape index (κ3) is 4.87. The van der Waals surface area contributed by atoms with E-state index in [2.05, 4.69) is 195 Å². The summed E-state index contributed by atoms with van der Waals surface area (Å²) >= 11 is 0. The zero-order chi connectivity index (χ0) is 36.5. The van der Waals surface area contributed by atoms with Gasteiger partial charge in [-0.15, -0.1) is 0 Å². The molecule has 0 unspecified atom stereocenters. The highest BCUT2D eigenvalue weighted by molar-refractivity contribution is 6.19. The van der Waals surface area contributed by atoms with Crippen molar-refractivity contribution in [3.8, 4) is 55.6 Å². The largest absolute Gasteiger partial charge is 0.354 e. The molecule has 258 valence electrons. The lowest BCUT2D eigenvalue weighted by molar-refractivity contribution is 1.45. The minimum Gasteiger partial charge on any atom is -0.354 e. The summed E-state index contributed by atoms with van der Waals surface area (Å²) in [6, 6.07) is 58.0. The third-order valence-corrected chi connectivity index (χ3v) is 11.6. The van der Waals surface area contributed by atoms with E-state index in [9.17, 15) is 0 Å². The highest BCUT2D eigenvalue weighted by Gasteiger charge is 2.24. The maximum atomic E-state index is 3.92. The molecule has 2 heterocycles. The smallest absolute Gasteiger partial charge is 0.0551 e. The Kier molecular flexibility index (Phi) is 7.42. The average molecular weight is 693 g/mol. The minimum absolute atomic E-state index is 1.16. The number of H-pyrrole nitrogens is 2. The fraction of sp³-hybridized carbons (Fsp3) is 0.0769. The Balaban J connectivity index is 1.32. The molecule has 0 aliphatic carbocycles. The normalized spacial score (nSPS) is 11.7. The van der Waals surface area contributed by atoms with Gasteiger partial charge in [-0.2, -0.15) is 0 Å². The Labute approximate surface area is 315 Å². The number of nitrogens with one attached hydrogen (secondary N) is 2. The summed E-state index contributed by atoms with van der Waals surface area (Å²) < 4.78 is 0. The van der Waals surface area contributed by atoms with Crippen molar-refractivity contribution in [2.45, 2.75) is 27.7 Å². The van der Waals surface area contributed by atoms with Crippen LogP contribution in [0.15, 0.2) is 158 Å². The van der Waals surface area contributed by atoms with Crippen molar-refractivity contribution < 1.29 is 0 Å². The third-order valence-electron chi connectivity index (χ3n) is 11.6. The zero-order valence-corrected chi connectivity index (χ0v) is 31.0. The molecule has 0 amide bonds. The predicted octanol–water partition coefficient (Wildman–Crippen LogP) is 14.5. The molecule has 2 heteroatoms. The van der Waals surface area contributed by atoms with Crippen molar-refractivity contribution in [2.75, 3.05) is 0 Å². The van der Waals surface area contributed by atoms with E-state index in [1.807, 2.05) is 0 Å². The average Bonchev–Trinajstić information content (AvgIpc) is 3.78. The number of rotatable bonds is 5. The second kappa shape index (κ2) is 12.5. The van der Waals surface area contributed by atoms with E-state index < -0.39 is 0 Å². The van der Waals surface area contributed by atoms with E-state index >= 15 is 0 Å². The first-order valence-corrected chi connectivity index (χ1v) is 18.9. The van der Waals surface area contributed by atoms with Crippen LogP contribution in [0.25, 0.3) is 99.2 Å². The standard InChI is InChI=1S/C52H40N2/c1-31-15-5-7-19-35(31)41-27-29-43-47-33(3)17-13-25-45(47)53-51(43)49(41)39-23-11-9-21-37(39)38-22-10-12-24-40(38)50-42(36-20-8-6-16-32(36)2)28-30-44-48-34(4)18-14-26-46(48)54-52(44)50/h5-30,53-54H,1-4H3. The lowest BCUT2D eigenvalue weighted by atomic mass is 9.83. The van der Waals surface area contributed by atoms with Gasteiger partial charge in [-0.25, -0.2) is 0 Å². The van der Waals surface area contributed by atoms with Crippen molar-refractivity contribution in [2.24, 2.45) is 0 Å². The van der Waals surface area contributed by atoms with E-state index in [0.717, 1.165) is 11.0 Å². The lowest BCUT2D eigenvalue weighted by Crippen LogP contribution is -1.95. The highest BCUT2D eigenvalue weighted by Crippen LogP contribution is 2.49. The molecule has 0 saturated heterocycles. The van der Waals surface area contributed by atoms with Crippen LogP contribution in [0, 0.1) is 27.7 Å². The summed E-state index contributed by atoms with van der Waals surface area (Å²) in [6.07, 6.45) is 0. The van der Waals surface area contributed by atoms with Crippen molar-refractivity contribution in [1.29, 1.82) is 0 Å². The Morgan fingerprint density at radius 1 is 0.278 bits per heavy atom. The van der Waals surface area contributed by atoms with E-state index in [0.29, 0.717) is 0 Å². The van der Waals surface area contributed by atoms with Gasteiger partial charge in [-0.05, 0) is 107 Å². The number of benzene rings is 8. The Bertz CT molecular complexity index is 2890. The van der Waals surface area contributed by atoms with Gasteiger partial charge in [0.15, 0.2) is 0 Å². The quantitative estimate of drug-likeness (QED) is 0.180. The maximum absolute atomic E-state index is 3.92. The van der Waals surface area contributed by atoms with Crippen LogP contribution in [0.5, 0.6) is 0 Å². The fourth-order valence-electron chi connectivity index (χ4n) is 9.04. The molecular weight excluding hydrogens is 653 g/mol. The van der Waals surface area contributed by atoms with Crippen LogP contribution in [-0.2, 0) is 0 Å². The monoisotopic (exact) mass is 692 g/mol. The van der Waals surface area contributed by atoms with Gasteiger partial charge in [0.05, 0.1) is 11.0 Å². The number of fused-ring (bicyclic) bond motifs is 6. The van der Waals surface area contributed by atoms with Crippen LogP contribution in [0.1, 0.15) is 22.3 Å². The second-order valence-corrected chi connectivity index (χ2v) is 14.8. The fourth-order valence-corrected chi connectivity index (χ4v) is 9.04. The van der Waals surface area contributed by atoms with Crippen molar-refractivity contribution >= 4 is 43.6 Å². The molecule has 0 atom stereocenters. The van der Waals surface area contributed by atoms with E-state index in [1.165, 1.54) is 110 Å². The number of aryl methyl sites for hydroxylation is 4. The van der Waals surface area contributed by atoms with Gasteiger partial charge < -0.3 is 9.97 Å². The number of hydrogen-bond donors (Lipinski definition) is 2. The molecule has 2 aromatic heterocycles. The number of aromatic nitrogens is 2. The first kappa shape index (κ1) is 32.0. The molecule has 0 fully saturated rings. The van der Waals surface area contributed by atoms with E-state index in [4.69, 9.17) is 0 Å². The Morgan fingerprint density at radius 3 is 1.04 bits per heavy atom. The first-order valence-electron chi connectivity index (χ1n) is 18.9. The van der Waals surface area contributed by atoms with Crippen molar-refractivity contribution in [3.05, 3.63) is 180 Å². The molecule has 10 rings (SSSR count). The topological polar surface area (TPSA) is 31.6 Å². The molecule has 0 spiro atoms. The maximum Gasteiger partial charge on any atom is 0.0551 e. The van der Waals surface area contributed by atoms with Crippen LogP contribution in [0.3, 0.4) is 0 Å². The van der Waals surface area contributed by atoms with Crippen LogP contribution in [0.2, 0.25) is 0 Å². The van der Waals surface area contributed by atoms with Crippen LogP contribution < -0.4 is 0 Å². The molecule has 0 aliphatic heterocycles. The van der Waals surface area contributed by atoms with Gasteiger partial charge in [-0.1, -0.05) is 146 Å². The summed E-state index contributed by atoms with van der Waals surface area (Å²) in [5, 5.41) is 5.07. The SMILES string of the molecule is Cc1ccccc1-c1ccc2c([nH]c3cccc(C)c32)c1-c1ccccc1-c1ccccc1-c1c(-c2ccccc2C)ccc2c1[nH]c1cccc(C)c12. The number of hydrogen-bond acceptors (Lipinski definition) is 0. The summed E-state index contributed by atoms with van der Waals surface area (Å²) in [7, 11) is 0. The number of aromatic amines is 2. The molecule has 0 aliphatic rings. The van der Waals surface area contributed by atoms with Crippen LogP contribution in [0.4, 0.5) is 0 Å². The van der Waals surface area contributed by atoms with Crippen LogP contribution >= 0.6 is 0 Å². The summed E-state index contributed by atoms with van der Waals surface area (Å²) in [6.45, 7) is 8.87. The van der Waals surface area contributed by atoms with Gasteiger partial charge in [-0.3, -0.25) is 0 Å². The second-order valence-electron chi connectivity index (χ2n) is 14.8. The first-order chi connectivity index (χ1) is 26.5. The van der Waals surface area contributed by atoms with Gasteiger partial charge >= 0.3 is 0 Å². The molecular formula is C52H40N2. The van der Waals surface area contributed by atoms with Gasteiger partial charge in [0.1, 0.15) is 0 Å². The van der Waals surface area contributed by atoms with Crippen molar-refractivity contribution in [3.63, 3.8) is 0 Å². The Hall–Kier alpha value is -6.64. The van der Waals surface area contributed by atoms with Gasteiger partial charge in [0.25, 0.3) is 0 Å². The molecule has 0 bridgehead atoms. The molecule has 0 radical (unpaired) electrons. The molecule has 0 saturated carbocycles. The predicted molar refractivity (Wildman–Crippen MR) is 231 cm³/mol. The Morgan fingerprint density at radius 2 is 0.630 bits per heavy atom. The minimum atomic E-state index is 1.16. The van der Waals surface area contributed by atoms with Crippen molar-refractivity contribution in [1.82, 2.24) is 9.97 Å². The summed E-state index contributed by atoms with van der Waals surface area (Å²) in [5.74, 6) is 0. The summed E-state index contributed by atoms with van der Waals surface area (Å²) in [4.78, 5) is 7.83. The lowest BCUT2D eigenvalue weighted by Gasteiger charge is -2.21. The summed E-state index contributed by atoms with van der Waals surface area (Å²) in [5.41, 5.74) is 21.9. The van der Waals surface area contributed by atoms with E-state index in [-0.39, 0.29) is 0 Å². The van der Waals surface area contributed by atoms with Gasteiger partial charge in [0, 0.05) is 43.7 Å². The zero-order valence-electron chi connectivity index (χ0n) is 31.0. The molecule has 8 aromatic carbocycles. The molecule has 54 heavy (non-hydrogen) atoms. The molecule has 2 nitrogen and oxygen atoms in total. The highest BCUT2D eigenvalue weighted by atomic mass is 14.7. The van der Waals surface area contributed by atoms with E-state index in [1.54, 1.807) is 0 Å². The van der Waals surface area contributed by atoms with Crippen LogP contribution in [-0.4, -0.2) is 9.97 Å². The molecule has 2 N–H and O–H groups in total. The van der Waals surface area contributed by atoms with Gasteiger partial charge in [0.2, 0.25) is 0 Å². The molecule has 10 aromatic rings.